The Morgan fingerprint density at radius 3 is 2.35 bits per heavy atom. The summed E-state index contributed by atoms with van der Waals surface area (Å²) >= 11 is 0. The van der Waals surface area contributed by atoms with Crippen molar-refractivity contribution >= 4 is 5.97 Å². The van der Waals surface area contributed by atoms with Crippen molar-refractivity contribution in [1.82, 2.24) is 9.97 Å². The van der Waals surface area contributed by atoms with Gasteiger partial charge in [-0.1, -0.05) is 18.2 Å². The van der Waals surface area contributed by atoms with Crippen molar-refractivity contribution in [2.24, 2.45) is 0 Å². The molecule has 2 aromatic rings. The number of methoxy groups -OCH3 is 1. The molecule has 0 unspecified atom stereocenters. The Balaban J connectivity index is 2.11. The Labute approximate surface area is 98.0 Å². The van der Waals surface area contributed by atoms with E-state index in [0.29, 0.717) is 5.75 Å². The summed E-state index contributed by atoms with van der Waals surface area (Å²) in [4.78, 5) is 19.0. The van der Waals surface area contributed by atoms with Crippen LogP contribution in [-0.2, 0) is 4.74 Å². The predicted molar refractivity (Wildman–Crippen MR) is 59.9 cm³/mol. The molecule has 0 amide bonds. The van der Waals surface area contributed by atoms with E-state index in [0.717, 1.165) is 0 Å². The first-order chi connectivity index (χ1) is 8.29. The molecule has 0 N–H and O–H groups in total. The summed E-state index contributed by atoms with van der Waals surface area (Å²) in [5.74, 6) is 0.162. The highest BCUT2D eigenvalue weighted by Gasteiger charge is 2.07. The minimum absolute atomic E-state index is 0.184. The highest BCUT2D eigenvalue weighted by molar-refractivity contribution is 5.88. The summed E-state index contributed by atoms with van der Waals surface area (Å²) < 4.78 is 9.91. The fraction of sp³-hybridized carbons (Fsp3) is 0.0833. The molecule has 0 atom stereocenters. The number of para-hydroxylation sites is 1. The third kappa shape index (κ3) is 2.78. The zero-order chi connectivity index (χ0) is 12.1. The maximum absolute atomic E-state index is 11.1. The first-order valence-corrected chi connectivity index (χ1v) is 4.93. The molecule has 2 rings (SSSR count). The minimum atomic E-state index is -0.476. The lowest BCUT2D eigenvalue weighted by Gasteiger charge is -2.03. The van der Waals surface area contributed by atoms with Crippen LogP contribution >= 0.6 is 0 Å². The first-order valence-electron chi connectivity index (χ1n) is 4.93. The van der Waals surface area contributed by atoms with E-state index in [-0.39, 0.29) is 11.6 Å². The van der Waals surface area contributed by atoms with Crippen molar-refractivity contribution in [3.05, 3.63) is 48.3 Å². The number of nitrogens with zero attached hydrogens (tertiary/aromatic N) is 2. The van der Waals surface area contributed by atoms with Gasteiger partial charge in [0.25, 0.3) is 0 Å². The number of hydrogen-bond donors (Lipinski definition) is 0. The van der Waals surface area contributed by atoms with Crippen molar-refractivity contribution in [1.29, 1.82) is 0 Å². The minimum Gasteiger partial charge on any atom is -0.465 e. The third-order valence-corrected chi connectivity index (χ3v) is 2.00. The van der Waals surface area contributed by atoms with E-state index in [9.17, 15) is 4.79 Å². The number of hydrogen-bond acceptors (Lipinski definition) is 5. The maximum Gasteiger partial charge on any atom is 0.341 e. The molecular weight excluding hydrogens is 220 g/mol. The van der Waals surface area contributed by atoms with E-state index in [1.165, 1.54) is 19.5 Å². The van der Waals surface area contributed by atoms with Crippen LogP contribution < -0.4 is 4.74 Å². The van der Waals surface area contributed by atoms with Crippen LogP contribution in [0.5, 0.6) is 11.8 Å². The van der Waals surface area contributed by atoms with E-state index in [2.05, 4.69) is 14.7 Å². The molecule has 0 aliphatic heterocycles. The van der Waals surface area contributed by atoms with E-state index in [1.807, 2.05) is 18.2 Å². The van der Waals surface area contributed by atoms with Crippen LogP contribution in [0.3, 0.4) is 0 Å². The van der Waals surface area contributed by atoms with Crippen LogP contribution in [0.25, 0.3) is 0 Å². The predicted octanol–water partition coefficient (Wildman–Crippen LogP) is 2.06. The zero-order valence-corrected chi connectivity index (χ0v) is 9.16. The quantitative estimate of drug-likeness (QED) is 0.755. The van der Waals surface area contributed by atoms with Crippen LogP contribution in [0, 0.1) is 0 Å². The van der Waals surface area contributed by atoms with Gasteiger partial charge in [0.15, 0.2) is 0 Å². The summed E-state index contributed by atoms with van der Waals surface area (Å²) in [7, 11) is 1.30. The van der Waals surface area contributed by atoms with Crippen LogP contribution in [-0.4, -0.2) is 23.0 Å². The molecule has 5 nitrogen and oxygen atoms in total. The topological polar surface area (TPSA) is 61.3 Å². The molecule has 5 heteroatoms. The van der Waals surface area contributed by atoms with E-state index in [4.69, 9.17) is 4.74 Å². The summed E-state index contributed by atoms with van der Waals surface area (Å²) in [5, 5.41) is 0. The lowest BCUT2D eigenvalue weighted by molar-refractivity contribution is 0.0599. The fourth-order valence-corrected chi connectivity index (χ4v) is 1.19. The summed E-state index contributed by atoms with van der Waals surface area (Å²) in [5.41, 5.74) is 0.285. The Hall–Kier alpha value is -2.43. The highest BCUT2D eigenvalue weighted by Crippen LogP contribution is 2.16. The Kier molecular flexibility index (Phi) is 3.30. The third-order valence-electron chi connectivity index (χ3n) is 2.00. The van der Waals surface area contributed by atoms with Crippen molar-refractivity contribution < 1.29 is 14.3 Å². The second-order valence-corrected chi connectivity index (χ2v) is 3.16. The van der Waals surface area contributed by atoms with Crippen molar-refractivity contribution in [2.75, 3.05) is 7.11 Å². The van der Waals surface area contributed by atoms with Crippen molar-refractivity contribution in [3.63, 3.8) is 0 Å². The van der Waals surface area contributed by atoms with E-state index < -0.39 is 5.97 Å². The van der Waals surface area contributed by atoms with Gasteiger partial charge >= 0.3 is 12.0 Å². The lowest BCUT2D eigenvalue weighted by atomic mass is 10.3. The average Bonchev–Trinajstić information content (AvgIpc) is 2.40. The molecule has 17 heavy (non-hydrogen) atoms. The van der Waals surface area contributed by atoms with Gasteiger partial charge in [0, 0.05) is 12.4 Å². The van der Waals surface area contributed by atoms with Gasteiger partial charge in [-0.3, -0.25) is 0 Å². The molecular formula is C12H10N2O3. The van der Waals surface area contributed by atoms with Gasteiger partial charge in [-0.15, -0.1) is 0 Å². The number of aromatic nitrogens is 2. The van der Waals surface area contributed by atoms with Gasteiger partial charge in [0.2, 0.25) is 0 Å². The molecule has 0 saturated heterocycles. The second kappa shape index (κ2) is 5.07. The number of carbonyl (C=O) groups excluding carboxylic acids is 1. The Morgan fingerprint density at radius 1 is 1.12 bits per heavy atom. The Morgan fingerprint density at radius 2 is 1.76 bits per heavy atom. The standard InChI is InChI=1S/C12H10N2O3/c1-16-11(15)9-7-13-12(14-8-9)17-10-5-3-2-4-6-10/h2-8H,1H3. The molecule has 0 fully saturated rings. The van der Waals surface area contributed by atoms with Gasteiger partial charge < -0.3 is 9.47 Å². The number of benzene rings is 1. The summed E-state index contributed by atoms with van der Waals surface area (Å²) in [6.07, 6.45) is 2.72. The van der Waals surface area contributed by atoms with Crippen LogP contribution in [0.1, 0.15) is 10.4 Å². The van der Waals surface area contributed by atoms with Gasteiger partial charge in [-0.05, 0) is 12.1 Å². The largest absolute Gasteiger partial charge is 0.465 e. The SMILES string of the molecule is COC(=O)c1cnc(Oc2ccccc2)nc1. The van der Waals surface area contributed by atoms with Crippen LogP contribution in [0.4, 0.5) is 0 Å². The van der Waals surface area contributed by atoms with Crippen LogP contribution in [0.15, 0.2) is 42.7 Å². The normalized spacial score (nSPS) is 9.71. The lowest BCUT2D eigenvalue weighted by Crippen LogP contribution is -2.03. The smallest absolute Gasteiger partial charge is 0.341 e. The number of rotatable bonds is 3. The first kappa shape index (κ1) is 11.1. The maximum atomic E-state index is 11.1. The fourth-order valence-electron chi connectivity index (χ4n) is 1.19. The molecule has 1 aromatic heterocycles. The number of ether oxygens (including phenoxy) is 2. The van der Waals surface area contributed by atoms with Gasteiger partial charge in [-0.25, -0.2) is 14.8 Å². The van der Waals surface area contributed by atoms with Gasteiger partial charge in [0.05, 0.1) is 12.7 Å². The number of esters is 1. The van der Waals surface area contributed by atoms with E-state index >= 15 is 0 Å². The van der Waals surface area contributed by atoms with E-state index in [1.54, 1.807) is 12.1 Å². The van der Waals surface area contributed by atoms with Gasteiger partial charge in [-0.2, -0.15) is 0 Å². The van der Waals surface area contributed by atoms with Crippen molar-refractivity contribution in [3.8, 4) is 11.8 Å². The van der Waals surface area contributed by atoms with Crippen molar-refractivity contribution in [2.45, 2.75) is 0 Å². The second-order valence-electron chi connectivity index (χ2n) is 3.16. The summed E-state index contributed by atoms with van der Waals surface area (Å²) in [6, 6.07) is 9.34. The van der Waals surface area contributed by atoms with Gasteiger partial charge in [0.1, 0.15) is 5.75 Å². The molecule has 0 saturated carbocycles. The molecule has 0 bridgehead atoms. The monoisotopic (exact) mass is 230 g/mol. The highest BCUT2D eigenvalue weighted by atomic mass is 16.5. The molecule has 1 heterocycles. The zero-order valence-electron chi connectivity index (χ0n) is 9.16. The molecule has 1 aromatic carbocycles. The number of carbonyl (C=O) groups is 1. The molecule has 0 aliphatic rings. The molecule has 86 valence electrons. The molecule has 0 aliphatic carbocycles. The molecule has 0 spiro atoms. The molecule has 0 radical (unpaired) electrons. The Bertz CT molecular complexity index is 497. The average molecular weight is 230 g/mol. The van der Waals surface area contributed by atoms with Crippen LogP contribution in [0.2, 0.25) is 0 Å². The summed E-state index contributed by atoms with van der Waals surface area (Å²) in [6.45, 7) is 0.